The van der Waals surface area contributed by atoms with Crippen LogP contribution in [-0.2, 0) is 0 Å². The standard InChI is InChI=1S/C21H22N4O4/c1-15-14-18(22-25(15)16-5-7-17(28-2)8-6-16)20(26)23-9-11-24(12-10-23)21(27)19-4-3-13-29-19/h3-8,13-14H,9-12H2,1-2H3. The predicted molar refractivity (Wildman–Crippen MR) is 105 cm³/mol. The highest BCUT2D eigenvalue weighted by molar-refractivity contribution is 5.93. The molecule has 2 amide bonds. The quantitative estimate of drug-likeness (QED) is 0.679. The van der Waals surface area contributed by atoms with Gasteiger partial charge in [0.2, 0.25) is 0 Å². The van der Waals surface area contributed by atoms with Crippen molar-refractivity contribution in [3.8, 4) is 11.4 Å². The zero-order chi connectivity index (χ0) is 20.4. The van der Waals surface area contributed by atoms with Crippen molar-refractivity contribution >= 4 is 11.8 Å². The summed E-state index contributed by atoms with van der Waals surface area (Å²) in [6.45, 7) is 3.75. The molecule has 1 fully saturated rings. The van der Waals surface area contributed by atoms with Gasteiger partial charge in [0.25, 0.3) is 11.8 Å². The third-order valence-corrected chi connectivity index (χ3v) is 5.01. The molecule has 0 bridgehead atoms. The molecule has 8 heteroatoms. The van der Waals surface area contributed by atoms with Crippen molar-refractivity contribution in [2.45, 2.75) is 6.92 Å². The van der Waals surface area contributed by atoms with Crippen LogP contribution in [0.1, 0.15) is 26.7 Å². The van der Waals surface area contributed by atoms with Gasteiger partial charge in [-0.1, -0.05) is 0 Å². The van der Waals surface area contributed by atoms with E-state index in [1.807, 2.05) is 31.2 Å². The third-order valence-electron chi connectivity index (χ3n) is 5.01. The third kappa shape index (κ3) is 3.73. The van der Waals surface area contributed by atoms with Crippen LogP contribution in [0.4, 0.5) is 0 Å². The summed E-state index contributed by atoms with van der Waals surface area (Å²) in [5.74, 6) is 0.794. The van der Waals surface area contributed by atoms with Gasteiger partial charge in [-0.15, -0.1) is 0 Å². The highest BCUT2D eigenvalue weighted by atomic mass is 16.5. The fourth-order valence-electron chi connectivity index (χ4n) is 3.39. The van der Waals surface area contributed by atoms with Crippen molar-refractivity contribution in [1.82, 2.24) is 19.6 Å². The lowest BCUT2D eigenvalue weighted by Crippen LogP contribution is -2.50. The van der Waals surface area contributed by atoms with E-state index in [1.54, 1.807) is 39.8 Å². The number of rotatable bonds is 4. The molecule has 1 aliphatic heterocycles. The molecule has 1 aliphatic rings. The van der Waals surface area contributed by atoms with E-state index in [2.05, 4.69) is 5.10 Å². The number of nitrogens with zero attached hydrogens (tertiary/aromatic N) is 4. The first-order valence-electron chi connectivity index (χ1n) is 9.40. The molecule has 0 atom stereocenters. The minimum atomic E-state index is -0.151. The lowest BCUT2D eigenvalue weighted by molar-refractivity contribution is 0.0515. The van der Waals surface area contributed by atoms with Crippen LogP contribution in [0.2, 0.25) is 0 Å². The first-order chi connectivity index (χ1) is 14.1. The van der Waals surface area contributed by atoms with Gasteiger partial charge in [-0.25, -0.2) is 4.68 Å². The lowest BCUT2D eigenvalue weighted by atomic mass is 10.2. The molecule has 0 unspecified atom stereocenters. The molecule has 3 aromatic rings. The van der Waals surface area contributed by atoms with Crippen LogP contribution in [0, 0.1) is 6.92 Å². The largest absolute Gasteiger partial charge is 0.497 e. The molecule has 0 aliphatic carbocycles. The van der Waals surface area contributed by atoms with Crippen LogP contribution in [0.5, 0.6) is 5.75 Å². The van der Waals surface area contributed by atoms with Crippen molar-refractivity contribution in [2.24, 2.45) is 0 Å². The molecule has 8 nitrogen and oxygen atoms in total. The van der Waals surface area contributed by atoms with Gasteiger partial charge < -0.3 is 19.0 Å². The number of methoxy groups -OCH3 is 1. The molecule has 1 aromatic carbocycles. The molecule has 3 heterocycles. The molecule has 150 valence electrons. The van der Waals surface area contributed by atoms with Crippen LogP contribution in [0.15, 0.2) is 53.1 Å². The van der Waals surface area contributed by atoms with E-state index < -0.39 is 0 Å². The zero-order valence-corrected chi connectivity index (χ0v) is 16.4. The Morgan fingerprint density at radius 3 is 2.24 bits per heavy atom. The van der Waals surface area contributed by atoms with Gasteiger partial charge in [-0.2, -0.15) is 5.10 Å². The van der Waals surface area contributed by atoms with Crippen LogP contribution < -0.4 is 4.74 Å². The highest BCUT2D eigenvalue weighted by Crippen LogP contribution is 2.18. The monoisotopic (exact) mass is 394 g/mol. The first kappa shape index (κ1) is 18.8. The van der Waals surface area contributed by atoms with Gasteiger partial charge in [0.1, 0.15) is 5.75 Å². The molecule has 0 radical (unpaired) electrons. The van der Waals surface area contributed by atoms with Gasteiger partial charge in [0, 0.05) is 31.9 Å². The average molecular weight is 394 g/mol. The minimum Gasteiger partial charge on any atom is -0.497 e. The van der Waals surface area contributed by atoms with Gasteiger partial charge in [-0.3, -0.25) is 9.59 Å². The summed E-state index contributed by atoms with van der Waals surface area (Å²) in [6.07, 6.45) is 1.48. The van der Waals surface area contributed by atoms with Crippen LogP contribution >= 0.6 is 0 Å². The maximum absolute atomic E-state index is 12.9. The Hall–Kier alpha value is -3.55. The van der Waals surface area contributed by atoms with Gasteiger partial charge in [0.05, 0.1) is 19.1 Å². The van der Waals surface area contributed by atoms with E-state index in [0.717, 1.165) is 17.1 Å². The van der Waals surface area contributed by atoms with Crippen molar-refractivity contribution in [3.05, 3.63) is 65.9 Å². The summed E-state index contributed by atoms with van der Waals surface area (Å²) < 4.78 is 12.1. The number of hydrogen-bond donors (Lipinski definition) is 0. The van der Waals surface area contributed by atoms with Crippen molar-refractivity contribution in [2.75, 3.05) is 33.3 Å². The first-order valence-corrected chi connectivity index (χ1v) is 9.40. The van der Waals surface area contributed by atoms with Gasteiger partial charge in [-0.05, 0) is 49.4 Å². The zero-order valence-electron chi connectivity index (χ0n) is 16.4. The maximum Gasteiger partial charge on any atom is 0.289 e. The van der Waals surface area contributed by atoms with Crippen LogP contribution in [0.3, 0.4) is 0 Å². The minimum absolute atomic E-state index is 0.134. The second-order valence-corrected chi connectivity index (χ2v) is 6.84. The molecular formula is C21H22N4O4. The van der Waals surface area contributed by atoms with E-state index in [0.29, 0.717) is 37.6 Å². The summed E-state index contributed by atoms with van der Waals surface area (Å²) in [6, 6.07) is 12.6. The van der Waals surface area contributed by atoms with E-state index in [-0.39, 0.29) is 11.8 Å². The molecule has 1 saturated heterocycles. The second kappa shape index (κ2) is 7.83. The highest BCUT2D eigenvalue weighted by Gasteiger charge is 2.28. The second-order valence-electron chi connectivity index (χ2n) is 6.84. The van der Waals surface area contributed by atoms with Crippen molar-refractivity contribution in [3.63, 3.8) is 0 Å². The number of hydrogen-bond acceptors (Lipinski definition) is 5. The van der Waals surface area contributed by atoms with Crippen LogP contribution in [0.25, 0.3) is 5.69 Å². The number of piperazine rings is 1. The Bertz CT molecular complexity index is 1000. The van der Waals surface area contributed by atoms with E-state index >= 15 is 0 Å². The number of aryl methyl sites for hydroxylation is 1. The Morgan fingerprint density at radius 2 is 1.66 bits per heavy atom. The molecule has 0 N–H and O–H groups in total. The smallest absolute Gasteiger partial charge is 0.289 e. The van der Waals surface area contributed by atoms with E-state index in [1.165, 1.54) is 6.26 Å². The number of benzene rings is 1. The Balaban J connectivity index is 1.43. The van der Waals surface area contributed by atoms with Gasteiger partial charge >= 0.3 is 0 Å². The number of aromatic nitrogens is 2. The molecule has 29 heavy (non-hydrogen) atoms. The Kier molecular flexibility index (Phi) is 5.07. The number of carbonyl (C=O) groups is 2. The van der Waals surface area contributed by atoms with Crippen LogP contribution in [-0.4, -0.2) is 64.7 Å². The molecule has 0 saturated carbocycles. The normalized spacial score (nSPS) is 14.1. The van der Waals surface area contributed by atoms with Crippen molar-refractivity contribution < 1.29 is 18.7 Å². The molecule has 2 aromatic heterocycles. The summed E-state index contributed by atoms with van der Waals surface area (Å²) in [5.41, 5.74) is 2.12. The summed E-state index contributed by atoms with van der Waals surface area (Å²) in [5, 5.41) is 4.49. The molecule has 4 rings (SSSR count). The molecular weight excluding hydrogens is 372 g/mol. The van der Waals surface area contributed by atoms with Gasteiger partial charge in [0.15, 0.2) is 11.5 Å². The summed E-state index contributed by atoms with van der Waals surface area (Å²) in [7, 11) is 1.62. The Morgan fingerprint density at radius 1 is 1.00 bits per heavy atom. The fourth-order valence-corrected chi connectivity index (χ4v) is 3.39. The summed E-state index contributed by atoms with van der Waals surface area (Å²) >= 11 is 0. The van der Waals surface area contributed by atoms with Crippen molar-refractivity contribution in [1.29, 1.82) is 0 Å². The number of ether oxygens (including phenoxy) is 1. The topological polar surface area (TPSA) is 80.8 Å². The number of amides is 2. The average Bonchev–Trinajstić information content (AvgIpc) is 3.43. The maximum atomic E-state index is 12.9. The number of carbonyl (C=O) groups excluding carboxylic acids is 2. The number of furan rings is 1. The Labute approximate surface area is 168 Å². The summed E-state index contributed by atoms with van der Waals surface area (Å²) in [4.78, 5) is 28.7. The predicted octanol–water partition coefficient (Wildman–Crippen LogP) is 2.38. The van der Waals surface area contributed by atoms with E-state index in [4.69, 9.17) is 9.15 Å². The van der Waals surface area contributed by atoms with E-state index in [9.17, 15) is 9.59 Å². The fraction of sp³-hybridized carbons (Fsp3) is 0.286. The lowest BCUT2D eigenvalue weighted by Gasteiger charge is -2.33. The SMILES string of the molecule is COc1ccc(-n2nc(C(=O)N3CCN(C(=O)c4ccco4)CC3)cc2C)cc1. The molecule has 0 spiro atoms.